The van der Waals surface area contributed by atoms with Crippen LogP contribution >= 0.6 is 0 Å². The van der Waals surface area contributed by atoms with Crippen LogP contribution in [0.15, 0.2) is 34.9 Å². The lowest BCUT2D eigenvalue weighted by Gasteiger charge is -2.26. The van der Waals surface area contributed by atoms with Crippen molar-refractivity contribution in [2.75, 3.05) is 6.54 Å². The maximum absolute atomic E-state index is 13.2. The molecule has 0 aliphatic heterocycles. The fraction of sp³-hybridized carbons (Fsp3) is 0.444. The second-order valence-electron chi connectivity index (χ2n) is 6.50. The van der Waals surface area contributed by atoms with Crippen molar-refractivity contribution in [3.05, 3.63) is 47.6 Å². The molecule has 1 aromatic carbocycles. The molecule has 1 aliphatic rings. The standard InChI is InChI=1S/C18H20F2N4O3/c19-18(20)8-6-12(7-9-18)16-23-15(27-24-16)11-21-14(25)10-22-17(26)13-4-2-1-3-5-13/h1-5,12H,6-11H2,(H,21,25)(H,22,26). The Labute approximate surface area is 154 Å². The highest BCUT2D eigenvalue weighted by Gasteiger charge is 2.36. The number of hydrogen-bond acceptors (Lipinski definition) is 5. The van der Waals surface area contributed by atoms with Gasteiger partial charge in [0, 0.05) is 24.3 Å². The zero-order chi connectivity index (χ0) is 19.3. The van der Waals surface area contributed by atoms with Crippen molar-refractivity contribution < 1.29 is 22.9 Å². The first kappa shape index (κ1) is 18.9. The van der Waals surface area contributed by atoms with Crippen LogP contribution in [0, 0.1) is 0 Å². The molecule has 9 heteroatoms. The van der Waals surface area contributed by atoms with Crippen molar-refractivity contribution in [3.8, 4) is 0 Å². The molecule has 27 heavy (non-hydrogen) atoms. The minimum absolute atomic E-state index is 0.00984. The Hall–Kier alpha value is -2.84. The Morgan fingerprint density at radius 1 is 1.15 bits per heavy atom. The van der Waals surface area contributed by atoms with E-state index in [9.17, 15) is 18.4 Å². The van der Waals surface area contributed by atoms with E-state index in [-0.39, 0.29) is 43.6 Å². The molecule has 0 saturated heterocycles. The summed E-state index contributed by atoms with van der Waals surface area (Å²) in [7, 11) is 0. The maximum atomic E-state index is 13.2. The van der Waals surface area contributed by atoms with Gasteiger partial charge in [-0.15, -0.1) is 0 Å². The Kier molecular flexibility index (Phi) is 5.78. The number of benzene rings is 1. The van der Waals surface area contributed by atoms with Gasteiger partial charge in [-0.25, -0.2) is 8.78 Å². The zero-order valence-electron chi connectivity index (χ0n) is 14.6. The number of carbonyl (C=O) groups excluding carboxylic acids is 2. The smallest absolute Gasteiger partial charge is 0.251 e. The number of alkyl halides is 2. The van der Waals surface area contributed by atoms with Gasteiger partial charge in [-0.05, 0) is 25.0 Å². The van der Waals surface area contributed by atoms with Gasteiger partial charge in [0.2, 0.25) is 17.7 Å². The van der Waals surface area contributed by atoms with E-state index in [4.69, 9.17) is 4.52 Å². The first-order valence-corrected chi connectivity index (χ1v) is 8.73. The Bertz CT molecular complexity index is 785. The van der Waals surface area contributed by atoms with Crippen molar-refractivity contribution in [3.63, 3.8) is 0 Å². The van der Waals surface area contributed by atoms with Crippen LogP contribution in [0.2, 0.25) is 0 Å². The number of carbonyl (C=O) groups is 2. The zero-order valence-corrected chi connectivity index (χ0v) is 14.6. The molecule has 1 fully saturated rings. The number of halogens is 2. The molecule has 1 heterocycles. The number of hydrogen-bond donors (Lipinski definition) is 2. The average Bonchev–Trinajstić information content (AvgIpc) is 3.14. The van der Waals surface area contributed by atoms with Gasteiger partial charge < -0.3 is 15.2 Å². The van der Waals surface area contributed by atoms with Gasteiger partial charge in [0.15, 0.2) is 5.82 Å². The number of nitrogens with one attached hydrogen (secondary N) is 2. The molecular formula is C18H20F2N4O3. The molecule has 2 amide bonds. The van der Waals surface area contributed by atoms with Crippen LogP contribution in [-0.2, 0) is 11.3 Å². The molecule has 0 spiro atoms. The van der Waals surface area contributed by atoms with Gasteiger partial charge in [-0.3, -0.25) is 9.59 Å². The summed E-state index contributed by atoms with van der Waals surface area (Å²) in [4.78, 5) is 27.9. The summed E-state index contributed by atoms with van der Waals surface area (Å²) in [5.74, 6) is -2.92. The molecule has 144 valence electrons. The van der Waals surface area contributed by atoms with Crippen LogP contribution in [0.4, 0.5) is 8.78 Å². The molecule has 1 aromatic heterocycles. The lowest BCUT2D eigenvalue weighted by molar-refractivity contribution is -0.120. The Balaban J connectivity index is 1.42. The monoisotopic (exact) mass is 378 g/mol. The third kappa shape index (κ3) is 5.32. The highest BCUT2D eigenvalue weighted by molar-refractivity contribution is 5.96. The fourth-order valence-corrected chi connectivity index (χ4v) is 2.89. The van der Waals surface area contributed by atoms with Crippen LogP contribution in [0.25, 0.3) is 0 Å². The minimum Gasteiger partial charge on any atom is -0.345 e. The fourth-order valence-electron chi connectivity index (χ4n) is 2.89. The number of rotatable bonds is 6. The van der Waals surface area contributed by atoms with Crippen molar-refractivity contribution in [2.45, 2.75) is 44.1 Å². The summed E-state index contributed by atoms with van der Waals surface area (Å²) in [6.07, 6.45) is 0.256. The quantitative estimate of drug-likeness (QED) is 0.805. The van der Waals surface area contributed by atoms with Gasteiger partial charge in [-0.2, -0.15) is 4.98 Å². The second-order valence-corrected chi connectivity index (χ2v) is 6.50. The second kappa shape index (κ2) is 8.24. The van der Waals surface area contributed by atoms with Gasteiger partial charge in [0.25, 0.3) is 5.91 Å². The summed E-state index contributed by atoms with van der Waals surface area (Å²) in [6, 6.07) is 8.55. The van der Waals surface area contributed by atoms with Crippen LogP contribution in [0.1, 0.15) is 53.7 Å². The summed E-state index contributed by atoms with van der Waals surface area (Å²) in [6.45, 7) is -0.178. The van der Waals surface area contributed by atoms with Gasteiger partial charge in [-0.1, -0.05) is 23.4 Å². The van der Waals surface area contributed by atoms with E-state index in [1.807, 2.05) is 0 Å². The molecule has 0 bridgehead atoms. The van der Waals surface area contributed by atoms with Crippen molar-refractivity contribution in [1.82, 2.24) is 20.8 Å². The Morgan fingerprint density at radius 2 is 1.85 bits per heavy atom. The third-order valence-corrected chi connectivity index (χ3v) is 4.45. The first-order valence-electron chi connectivity index (χ1n) is 8.73. The van der Waals surface area contributed by atoms with E-state index in [0.29, 0.717) is 24.2 Å². The van der Waals surface area contributed by atoms with E-state index in [0.717, 1.165) is 0 Å². The molecule has 0 unspecified atom stereocenters. The molecule has 2 aromatic rings. The van der Waals surface area contributed by atoms with Crippen LogP contribution in [0.3, 0.4) is 0 Å². The highest BCUT2D eigenvalue weighted by atomic mass is 19.3. The summed E-state index contributed by atoms with van der Waals surface area (Å²) >= 11 is 0. The van der Waals surface area contributed by atoms with E-state index >= 15 is 0 Å². The van der Waals surface area contributed by atoms with Gasteiger partial charge >= 0.3 is 0 Å². The molecule has 0 atom stereocenters. The predicted molar refractivity (Wildman–Crippen MR) is 91.1 cm³/mol. The molecule has 1 aliphatic carbocycles. The molecular weight excluding hydrogens is 358 g/mol. The van der Waals surface area contributed by atoms with Crippen molar-refractivity contribution >= 4 is 11.8 Å². The molecule has 2 N–H and O–H groups in total. The Morgan fingerprint density at radius 3 is 2.56 bits per heavy atom. The molecule has 3 rings (SSSR count). The lowest BCUT2D eigenvalue weighted by Crippen LogP contribution is -2.36. The third-order valence-electron chi connectivity index (χ3n) is 4.45. The van der Waals surface area contributed by atoms with E-state index in [1.54, 1.807) is 30.3 Å². The number of amides is 2. The largest absolute Gasteiger partial charge is 0.345 e. The maximum Gasteiger partial charge on any atom is 0.251 e. The van der Waals surface area contributed by atoms with Gasteiger partial charge in [0.05, 0.1) is 13.1 Å². The lowest BCUT2D eigenvalue weighted by atomic mass is 9.86. The summed E-state index contributed by atoms with van der Waals surface area (Å²) in [5, 5.41) is 8.90. The normalized spacial score (nSPS) is 16.7. The van der Waals surface area contributed by atoms with Gasteiger partial charge in [0.1, 0.15) is 0 Å². The van der Waals surface area contributed by atoms with Crippen LogP contribution in [-0.4, -0.2) is 34.4 Å². The van der Waals surface area contributed by atoms with Crippen LogP contribution < -0.4 is 10.6 Å². The first-order chi connectivity index (χ1) is 12.9. The molecule has 7 nitrogen and oxygen atoms in total. The van der Waals surface area contributed by atoms with Crippen molar-refractivity contribution in [1.29, 1.82) is 0 Å². The summed E-state index contributed by atoms with van der Waals surface area (Å²) in [5.41, 5.74) is 0.463. The van der Waals surface area contributed by atoms with E-state index < -0.39 is 11.8 Å². The topological polar surface area (TPSA) is 97.1 Å². The molecule has 0 radical (unpaired) electrons. The highest BCUT2D eigenvalue weighted by Crippen LogP contribution is 2.39. The van der Waals surface area contributed by atoms with Crippen molar-refractivity contribution in [2.24, 2.45) is 0 Å². The number of nitrogens with zero attached hydrogens (tertiary/aromatic N) is 2. The SMILES string of the molecule is O=C(CNC(=O)c1ccccc1)NCc1nc(C2CCC(F)(F)CC2)no1. The minimum atomic E-state index is -2.61. The molecule has 1 saturated carbocycles. The average molecular weight is 378 g/mol. The van der Waals surface area contributed by atoms with E-state index in [1.165, 1.54) is 0 Å². The van der Waals surface area contributed by atoms with Crippen LogP contribution in [0.5, 0.6) is 0 Å². The summed E-state index contributed by atoms with van der Waals surface area (Å²) < 4.78 is 31.5. The van der Waals surface area contributed by atoms with E-state index in [2.05, 4.69) is 20.8 Å². The predicted octanol–water partition coefficient (Wildman–Crippen LogP) is 2.41. The number of aromatic nitrogens is 2.